The van der Waals surface area contributed by atoms with Gasteiger partial charge in [0.2, 0.25) is 5.91 Å². The summed E-state index contributed by atoms with van der Waals surface area (Å²) in [5.41, 5.74) is 0.716. The van der Waals surface area contributed by atoms with Gasteiger partial charge in [0.15, 0.2) is 5.82 Å². The van der Waals surface area contributed by atoms with E-state index >= 15 is 0 Å². The number of benzene rings is 1. The van der Waals surface area contributed by atoms with E-state index in [1.807, 2.05) is 37.3 Å². The van der Waals surface area contributed by atoms with Gasteiger partial charge >= 0.3 is 0 Å². The highest BCUT2D eigenvalue weighted by atomic mass is 35.5. The van der Waals surface area contributed by atoms with Crippen molar-refractivity contribution in [3.05, 3.63) is 64.4 Å². The molecule has 0 aliphatic rings. The Morgan fingerprint density at radius 3 is 2.73 bits per heavy atom. The molecule has 8 heteroatoms. The Kier molecular flexibility index (Phi) is 5.75. The minimum Gasteiger partial charge on any atom is -0.493 e. The molecule has 134 valence electrons. The fraction of sp³-hybridized carbons (Fsp3) is 0.167. The lowest BCUT2D eigenvalue weighted by atomic mass is 10.3. The molecule has 3 rings (SSSR count). The smallest absolute Gasteiger partial charge is 0.228 e. The summed E-state index contributed by atoms with van der Waals surface area (Å²) in [4.78, 5) is 16.4. The molecular weight excluding hydrogens is 375 g/mol. The van der Waals surface area contributed by atoms with E-state index < -0.39 is 0 Å². The van der Waals surface area contributed by atoms with Crippen molar-refractivity contribution in [2.75, 3.05) is 11.9 Å². The van der Waals surface area contributed by atoms with E-state index in [0.717, 1.165) is 5.75 Å². The van der Waals surface area contributed by atoms with Gasteiger partial charge in [-0.05, 0) is 25.1 Å². The van der Waals surface area contributed by atoms with Crippen molar-refractivity contribution in [2.24, 2.45) is 0 Å². The van der Waals surface area contributed by atoms with Crippen molar-refractivity contribution in [3.63, 3.8) is 0 Å². The number of carbonyl (C=O) groups excluding carboxylic acids is 1. The van der Waals surface area contributed by atoms with Crippen LogP contribution in [0.3, 0.4) is 0 Å². The van der Waals surface area contributed by atoms with Crippen LogP contribution in [-0.2, 0) is 4.79 Å². The Balaban J connectivity index is 1.67. The molecule has 0 bridgehead atoms. The summed E-state index contributed by atoms with van der Waals surface area (Å²) < 4.78 is 7.01. The van der Waals surface area contributed by atoms with E-state index in [1.54, 1.807) is 12.1 Å². The van der Waals surface area contributed by atoms with Crippen molar-refractivity contribution in [1.82, 2.24) is 14.8 Å². The zero-order chi connectivity index (χ0) is 18.5. The van der Waals surface area contributed by atoms with Gasteiger partial charge < -0.3 is 10.1 Å². The van der Waals surface area contributed by atoms with Crippen LogP contribution in [0.4, 0.5) is 5.82 Å². The molecule has 0 aliphatic carbocycles. The van der Waals surface area contributed by atoms with Crippen molar-refractivity contribution < 1.29 is 9.53 Å². The van der Waals surface area contributed by atoms with Crippen LogP contribution in [0.5, 0.6) is 5.75 Å². The second kappa shape index (κ2) is 8.21. The number of aromatic nitrogens is 3. The van der Waals surface area contributed by atoms with E-state index in [4.69, 9.17) is 27.9 Å². The normalized spacial score (nSPS) is 10.6. The average Bonchev–Trinajstić information content (AvgIpc) is 2.96. The highest BCUT2D eigenvalue weighted by Crippen LogP contribution is 2.25. The number of pyridine rings is 1. The zero-order valence-electron chi connectivity index (χ0n) is 13.9. The lowest BCUT2D eigenvalue weighted by Gasteiger charge is -2.10. The standard InChI is InChI=1S/C18H16Cl2N4O2/c1-12-9-16(24(23-12)18-15(20)10-13(19)11-21-18)22-17(25)7-8-26-14-5-3-2-4-6-14/h2-6,9-11H,7-8H2,1H3,(H,22,25). The maximum absolute atomic E-state index is 12.2. The number of aryl methyl sites for hydroxylation is 1. The number of nitrogens with one attached hydrogen (secondary N) is 1. The van der Waals surface area contributed by atoms with Gasteiger partial charge in [-0.25, -0.2) is 4.98 Å². The molecule has 0 spiro atoms. The summed E-state index contributed by atoms with van der Waals surface area (Å²) in [6.45, 7) is 2.08. The minimum atomic E-state index is -0.202. The van der Waals surface area contributed by atoms with Crippen molar-refractivity contribution in [1.29, 1.82) is 0 Å². The van der Waals surface area contributed by atoms with Gasteiger partial charge in [0.05, 0.1) is 28.8 Å². The Hall–Kier alpha value is -2.57. The van der Waals surface area contributed by atoms with Crippen LogP contribution >= 0.6 is 23.2 Å². The van der Waals surface area contributed by atoms with Gasteiger partial charge in [0.25, 0.3) is 0 Å². The maximum atomic E-state index is 12.2. The number of para-hydroxylation sites is 1. The number of hydrogen-bond donors (Lipinski definition) is 1. The zero-order valence-corrected chi connectivity index (χ0v) is 15.5. The fourth-order valence-corrected chi connectivity index (χ4v) is 2.76. The monoisotopic (exact) mass is 390 g/mol. The predicted octanol–water partition coefficient (Wildman–Crippen LogP) is 4.29. The summed E-state index contributed by atoms with van der Waals surface area (Å²) >= 11 is 12.1. The summed E-state index contributed by atoms with van der Waals surface area (Å²) in [5.74, 6) is 1.38. The van der Waals surface area contributed by atoms with E-state index in [9.17, 15) is 4.79 Å². The van der Waals surface area contributed by atoms with Crippen LogP contribution in [0.1, 0.15) is 12.1 Å². The highest BCUT2D eigenvalue weighted by Gasteiger charge is 2.14. The van der Waals surface area contributed by atoms with Crippen LogP contribution in [0.2, 0.25) is 10.0 Å². The van der Waals surface area contributed by atoms with Gasteiger partial charge in [-0.2, -0.15) is 9.78 Å². The van der Waals surface area contributed by atoms with Crippen LogP contribution in [0, 0.1) is 6.92 Å². The first-order valence-electron chi connectivity index (χ1n) is 7.89. The number of hydrogen-bond acceptors (Lipinski definition) is 4. The summed E-state index contributed by atoms with van der Waals surface area (Å²) in [7, 11) is 0. The van der Waals surface area contributed by atoms with E-state index in [1.165, 1.54) is 10.9 Å². The largest absolute Gasteiger partial charge is 0.493 e. The minimum absolute atomic E-state index is 0.195. The first kappa shape index (κ1) is 18.2. The molecule has 1 aromatic carbocycles. The molecule has 1 N–H and O–H groups in total. The molecule has 6 nitrogen and oxygen atoms in total. The molecule has 0 aliphatic heterocycles. The van der Waals surface area contributed by atoms with Gasteiger partial charge in [-0.1, -0.05) is 41.4 Å². The number of amides is 1. The summed E-state index contributed by atoms with van der Waals surface area (Å²) in [6.07, 6.45) is 1.67. The molecular formula is C18H16Cl2N4O2. The first-order valence-corrected chi connectivity index (χ1v) is 8.64. The summed E-state index contributed by atoms with van der Waals surface area (Å²) in [6, 6.07) is 12.6. The van der Waals surface area contributed by atoms with Crippen LogP contribution in [-0.4, -0.2) is 27.3 Å². The maximum Gasteiger partial charge on any atom is 0.228 e. The van der Waals surface area contributed by atoms with Crippen molar-refractivity contribution >= 4 is 34.9 Å². The number of ether oxygens (including phenoxy) is 1. The second-order valence-corrected chi connectivity index (χ2v) is 6.35. The number of nitrogens with zero attached hydrogens (tertiary/aromatic N) is 3. The van der Waals surface area contributed by atoms with Gasteiger partial charge in [0, 0.05) is 12.3 Å². The number of halogens is 2. The van der Waals surface area contributed by atoms with E-state index in [-0.39, 0.29) is 18.9 Å². The van der Waals surface area contributed by atoms with E-state index in [0.29, 0.717) is 27.4 Å². The average molecular weight is 391 g/mol. The van der Waals surface area contributed by atoms with Gasteiger partial charge in [-0.3, -0.25) is 4.79 Å². The predicted molar refractivity (Wildman–Crippen MR) is 101 cm³/mol. The van der Waals surface area contributed by atoms with E-state index in [2.05, 4.69) is 15.4 Å². The fourth-order valence-electron chi connectivity index (χ4n) is 2.30. The lowest BCUT2D eigenvalue weighted by Crippen LogP contribution is -2.18. The third kappa shape index (κ3) is 4.53. The van der Waals surface area contributed by atoms with Crippen molar-refractivity contribution in [3.8, 4) is 11.6 Å². The first-order chi connectivity index (χ1) is 12.5. The molecule has 1 amide bonds. The van der Waals surface area contributed by atoms with Crippen LogP contribution < -0.4 is 10.1 Å². The Labute approximate surface area is 160 Å². The SMILES string of the molecule is Cc1cc(NC(=O)CCOc2ccccc2)n(-c2ncc(Cl)cc2Cl)n1. The van der Waals surface area contributed by atoms with Crippen LogP contribution in [0.25, 0.3) is 5.82 Å². The van der Waals surface area contributed by atoms with Crippen molar-refractivity contribution in [2.45, 2.75) is 13.3 Å². The van der Waals surface area contributed by atoms with Gasteiger partial charge in [0.1, 0.15) is 11.6 Å². The third-order valence-electron chi connectivity index (χ3n) is 3.43. The molecule has 26 heavy (non-hydrogen) atoms. The molecule has 2 heterocycles. The molecule has 0 atom stereocenters. The quantitative estimate of drug-likeness (QED) is 0.681. The molecule has 0 fully saturated rings. The molecule has 2 aromatic heterocycles. The molecule has 0 saturated carbocycles. The Morgan fingerprint density at radius 1 is 1.23 bits per heavy atom. The number of anilines is 1. The summed E-state index contributed by atoms with van der Waals surface area (Å²) in [5, 5.41) is 7.90. The molecule has 3 aromatic rings. The Bertz CT molecular complexity index is 913. The topological polar surface area (TPSA) is 69.0 Å². The lowest BCUT2D eigenvalue weighted by molar-refractivity contribution is -0.116. The molecule has 0 saturated heterocycles. The van der Waals surface area contributed by atoms with Gasteiger partial charge in [-0.15, -0.1) is 0 Å². The Morgan fingerprint density at radius 2 is 2.00 bits per heavy atom. The number of carbonyl (C=O) groups is 1. The molecule has 0 unspecified atom stereocenters. The molecule has 0 radical (unpaired) electrons. The van der Waals surface area contributed by atoms with Crippen LogP contribution in [0.15, 0.2) is 48.7 Å². The second-order valence-electron chi connectivity index (χ2n) is 5.50. The highest BCUT2D eigenvalue weighted by molar-refractivity contribution is 6.35. The number of rotatable bonds is 6. The third-order valence-corrected chi connectivity index (χ3v) is 3.91.